The summed E-state index contributed by atoms with van der Waals surface area (Å²) in [7, 11) is 1.87. The molecule has 1 amide bonds. The Hall–Kier alpha value is -1.36. The maximum absolute atomic E-state index is 11.5. The number of carbonyl (C=O) groups is 1. The van der Waals surface area contributed by atoms with Crippen molar-refractivity contribution in [3.05, 3.63) is 17.5 Å². The van der Waals surface area contributed by atoms with Gasteiger partial charge < -0.3 is 10.4 Å². The highest BCUT2D eigenvalue weighted by Gasteiger charge is 2.06. The quantitative estimate of drug-likeness (QED) is 0.761. The van der Waals surface area contributed by atoms with E-state index >= 15 is 0 Å². The molecule has 0 saturated heterocycles. The molecule has 0 radical (unpaired) electrons. The van der Waals surface area contributed by atoms with Gasteiger partial charge in [-0.15, -0.1) is 0 Å². The third-order valence-corrected chi connectivity index (χ3v) is 2.62. The first kappa shape index (κ1) is 13.7. The van der Waals surface area contributed by atoms with E-state index in [1.54, 1.807) is 11.6 Å². The lowest BCUT2D eigenvalue weighted by atomic mass is 10.1. The van der Waals surface area contributed by atoms with Crippen LogP contribution in [-0.2, 0) is 18.3 Å². The number of aliphatic hydroxyl groups is 1. The summed E-state index contributed by atoms with van der Waals surface area (Å²) in [4.78, 5) is 11.5. The summed E-state index contributed by atoms with van der Waals surface area (Å²) in [6.07, 6.45) is 3.35. The molecule has 1 atom stereocenters. The summed E-state index contributed by atoms with van der Waals surface area (Å²) < 4.78 is 1.76. The second-order valence-corrected chi connectivity index (χ2v) is 4.40. The molecule has 5 nitrogen and oxygen atoms in total. The van der Waals surface area contributed by atoms with Crippen LogP contribution in [0.1, 0.15) is 31.0 Å². The highest BCUT2D eigenvalue weighted by atomic mass is 16.3. The standard InChI is InChI=1S/C12H21N3O2/c1-9(16)6-7-13-12(17)5-4-11-8-15(3)14-10(11)2/h8-9,16H,4-7H2,1-3H3,(H,13,17). The number of hydrogen-bond acceptors (Lipinski definition) is 3. The van der Waals surface area contributed by atoms with Crippen molar-refractivity contribution in [2.75, 3.05) is 6.54 Å². The minimum Gasteiger partial charge on any atom is -0.393 e. The predicted molar refractivity (Wildman–Crippen MR) is 65.6 cm³/mol. The minimum atomic E-state index is -0.365. The molecule has 17 heavy (non-hydrogen) atoms. The Bertz CT molecular complexity index is 372. The molecule has 0 aromatic carbocycles. The lowest BCUT2D eigenvalue weighted by molar-refractivity contribution is -0.121. The van der Waals surface area contributed by atoms with Gasteiger partial charge in [0.1, 0.15) is 0 Å². The molecule has 0 aliphatic heterocycles. The minimum absolute atomic E-state index is 0.0221. The number of amides is 1. The van der Waals surface area contributed by atoms with Gasteiger partial charge in [-0.2, -0.15) is 5.10 Å². The molecule has 0 aliphatic carbocycles. The van der Waals surface area contributed by atoms with Crippen LogP contribution in [0.4, 0.5) is 0 Å². The molecule has 0 fully saturated rings. The summed E-state index contributed by atoms with van der Waals surface area (Å²) in [6.45, 7) is 4.19. The summed E-state index contributed by atoms with van der Waals surface area (Å²) in [6, 6.07) is 0. The lowest BCUT2D eigenvalue weighted by Crippen LogP contribution is -2.26. The molecule has 0 saturated carbocycles. The zero-order chi connectivity index (χ0) is 12.8. The Labute approximate surface area is 102 Å². The second-order valence-electron chi connectivity index (χ2n) is 4.40. The van der Waals surface area contributed by atoms with Crippen LogP contribution in [0.5, 0.6) is 0 Å². The van der Waals surface area contributed by atoms with Crippen molar-refractivity contribution in [1.82, 2.24) is 15.1 Å². The number of nitrogens with one attached hydrogen (secondary N) is 1. The second kappa shape index (κ2) is 6.39. The van der Waals surface area contributed by atoms with E-state index in [0.29, 0.717) is 25.8 Å². The fourth-order valence-electron chi connectivity index (χ4n) is 1.65. The highest BCUT2D eigenvalue weighted by Crippen LogP contribution is 2.07. The molecular formula is C12H21N3O2. The van der Waals surface area contributed by atoms with E-state index in [2.05, 4.69) is 10.4 Å². The first-order chi connectivity index (χ1) is 7.99. The van der Waals surface area contributed by atoms with Crippen LogP contribution in [0.2, 0.25) is 0 Å². The number of aromatic nitrogens is 2. The summed E-state index contributed by atoms with van der Waals surface area (Å²) in [5, 5.41) is 16.1. The van der Waals surface area contributed by atoms with Gasteiger partial charge in [-0.3, -0.25) is 9.48 Å². The van der Waals surface area contributed by atoms with E-state index in [9.17, 15) is 4.79 Å². The SMILES string of the molecule is Cc1nn(C)cc1CCC(=O)NCCC(C)O. The molecule has 0 bridgehead atoms. The molecule has 0 aliphatic rings. The van der Waals surface area contributed by atoms with E-state index in [1.807, 2.05) is 20.2 Å². The normalized spacial score (nSPS) is 12.5. The van der Waals surface area contributed by atoms with Crippen LogP contribution < -0.4 is 5.32 Å². The zero-order valence-electron chi connectivity index (χ0n) is 10.7. The molecule has 1 unspecified atom stereocenters. The van der Waals surface area contributed by atoms with Crippen LogP contribution in [-0.4, -0.2) is 33.4 Å². The number of nitrogens with zero attached hydrogens (tertiary/aromatic N) is 2. The van der Waals surface area contributed by atoms with Gasteiger partial charge in [0.25, 0.3) is 0 Å². The number of aryl methyl sites for hydroxylation is 3. The smallest absolute Gasteiger partial charge is 0.220 e. The van der Waals surface area contributed by atoms with Crippen LogP contribution in [0.25, 0.3) is 0 Å². The molecule has 5 heteroatoms. The van der Waals surface area contributed by atoms with Gasteiger partial charge in [-0.25, -0.2) is 0 Å². The zero-order valence-corrected chi connectivity index (χ0v) is 10.7. The monoisotopic (exact) mass is 239 g/mol. The van der Waals surface area contributed by atoms with Crippen LogP contribution >= 0.6 is 0 Å². The van der Waals surface area contributed by atoms with Crippen molar-refractivity contribution < 1.29 is 9.90 Å². The largest absolute Gasteiger partial charge is 0.393 e. The topological polar surface area (TPSA) is 67.2 Å². The van der Waals surface area contributed by atoms with Crippen molar-refractivity contribution in [2.24, 2.45) is 7.05 Å². The molecule has 1 rings (SSSR count). The predicted octanol–water partition coefficient (Wildman–Crippen LogP) is 0.548. The molecule has 2 N–H and O–H groups in total. The lowest BCUT2D eigenvalue weighted by Gasteiger charge is -2.06. The Kier molecular flexibility index (Phi) is 5.15. The fraction of sp³-hybridized carbons (Fsp3) is 0.667. The van der Waals surface area contributed by atoms with Crippen molar-refractivity contribution in [3.8, 4) is 0 Å². The van der Waals surface area contributed by atoms with Gasteiger partial charge in [-0.1, -0.05) is 0 Å². The van der Waals surface area contributed by atoms with Crippen molar-refractivity contribution in [3.63, 3.8) is 0 Å². The van der Waals surface area contributed by atoms with E-state index in [0.717, 1.165) is 11.3 Å². The van der Waals surface area contributed by atoms with Gasteiger partial charge in [0, 0.05) is 26.2 Å². The van der Waals surface area contributed by atoms with Crippen molar-refractivity contribution in [2.45, 2.75) is 39.2 Å². The van der Waals surface area contributed by atoms with E-state index in [1.165, 1.54) is 0 Å². The van der Waals surface area contributed by atoms with E-state index in [-0.39, 0.29) is 12.0 Å². The number of rotatable bonds is 6. The summed E-state index contributed by atoms with van der Waals surface area (Å²) >= 11 is 0. The average molecular weight is 239 g/mol. The maximum atomic E-state index is 11.5. The first-order valence-electron chi connectivity index (χ1n) is 5.93. The van der Waals surface area contributed by atoms with Crippen molar-refractivity contribution >= 4 is 5.91 Å². The molecule has 1 aromatic rings. The van der Waals surface area contributed by atoms with Crippen LogP contribution in [0.15, 0.2) is 6.20 Å². The Morgan fingerprint density at radius 2 is 2.35 bits per heavy atom. The molecular weight excluding hydrogens is 218 g/mol. The average Bonchev–Trinajstić information content (AvgIpc) is 2.54. The summed E-state index contributed by atoms with van der Waals surface area (Å²) in [5.41, 5.74) is 2.09. The third kappa shape index (κ3) is 4.99. The number of hydrogen-bond donors (Lipinski definition) is 2. The Morgan fingerprint density at radius 3 is 2.88 bits per heavy atom. The molecule has 1 aromatic heterocycles. The van der Waals surface area contributed by atoms with Gasteiger partial charge in [0.2, 0.25) is 5.91 Å². The van der Waals surface area contributed by atoms with Gasteiger partial charge >= 0.3 is 0 Å². The molecule has 96 valence electrons. The summed E-state index contributed by atoms with van der Waals surface area (Å²) in [5.74, 6) is 0.0221. The van der Waals surface area contributed by atoms with E-state index in [4.69, 9.17) is 5.11 Å². The molecule has 1 heterocycles. The fourth-order valence-corrected chi connectivity index (χ4v) is 1.65. The number of carbonyl (C=O) groups excluding carboxylic acids is 1. The number of aliphatic hydroxyl groups excluding tert-OH is 1. The highest BCUT2D eigenvalue weighted by molar-refractivity contribution is 5.76. The first-order valence-corrected chi connectivity index (χ1v) is 5.93. The molecule has 0 spiro atoms. The Morgan fingerprint density at radius 1 is 1.65 bits per heavy atom. The van der Waals surface area contributed by atoms with Gasteiger partial charge in [0.15, 0.2) is 0 Å². The Balaban J connectivity index is 2.26. The van der Waals surface area contributed by atoms with E-state index < -0.39 is 0 Å². The van der Waals surface area contributed by atoms with Crippen LogP contribution in [0, 0.1) is 6.92 Å². The van der Waals surface area contributed by atoms with Gasteiger partial charge in [0.05, 0.1) is 11.8 Å². The van der Waals surface area contributed by atoms with Gasteiger partial charge in [-0.05, 0) is 32.3 Å². The third-order valence-electron chi connectivity index (χ3n) is 2.62. The van der Waals surface area contributed by atoms with Crippen LogP contribution in [0.3, 0.4) is 0 Å². The maximum Gasteiger partial charge on any atom is 0.220 e. The van der Waals surface area contributed by atoms with Crippen molar-refractivity contribution in [1.29, 1.82) is 0 Å².